The zero-order valence-electron chi connectivity index (χ0n) is 10.4. The molecule has 3 rings (SSSR count). The number of aromatic nitrogens is 3. The van der Waals surface area contributed by atoms with E-state index in [0.717, 1.165) is 20.2 Å². The molecule has 5 heteroatoms. The lowest BCUT2D eigenvalue weighted by molar-refractivity contribution is 0.848. The van der Waals surface area contributed by atoms with Crippen LogP contribution in [0.25, 0.3) is 22.8 Å². The second-order valence-electron chi connectivity index (χ2n) is 4.15. The summed E-state index contributed by atoms with van der Waals surface area (Å²) < 4.78 is 2.65. The van der Waals surface area contributed by atoms with Gasteiger partial charge in [0.15, 0.2) is 0 Å². The highest BCUT2D eigenvalue weighted by molar-refractivity contribution is 14.1. The maximum absolute atomic E-state index is 9.40. The second-order valence-corrected chi connectivity index (χ2v) is 5.32. The average molecular weight is 372 g/mol. The van der Waals surface area contributed by atoms with Gasteiger partial charge in [-0.15, -0.1) is 5.10 Å². The van der Waals surface area contributed by atoms with Crippen LogP contribution in [0.1, 0.15) is 5.56 Å². The molecular weight excluding hydrogens is 363 g/mol. The highest BCUT2D eigenvalue weighted by Gasteiger charge is 2.08. The lowest BCUT2D eigenvalue weighted by Crippen LogP contribution is -1.97. The Kier molecular flexibility index (Phi) is 3.48. The Hall–Kier alpha value is -2.20. The van der Waals surface area contributed by atoms with Crippen molar-refractivity contribution in [2.45, 2.75) is 0 Å². The van der Waals surface area contributed by atoms with Gasteiger partial charge < -0.3 is 0 Å². The van der Waals surface area contributed by atoms with Gasteiger partial charge in [0.1, 0.15) is 17.3 Å². The fourth-order valence-electron chi connectivity index (χ4n) is 1.93. The predicted octanol–water partition coefficient (Wildman–Crippen LogP) is 3.56. The van der Waals surface area contributed by atoms with Crippen molar-refractivity contribution in [1.82, 2.24) is 15.0 Å². The van der Waals surface area contributed by atoms with Gasteiger partial charge >= 0.3 is 0 Å². The van der Waals surface area contributed by atoms with Crippen LogP contribution in [-0.2, 0) is 0 Å². The zero-order valence-corrected chi connectivity index (χ0v) is 12.5. The molecule has 0 spiro atoms. The quantitative estimate of drug-likeness (QED) is 0.511. The fraction of sp³-hybridized carbons (Fsp3) is 0. The largest absolute Gasteiger partial charge is 0.202 e. The Balaban J connectivity index is 2.16. The van der Waals surface area contributed by atoms with Crippen molar-refractivity contribution >= 4 is 45.4 Å². The third-order valence-electron chi connectivity index (χ3n) is 2.89. The monoisotopic (exact) mass is 372 g/mol. The third kappa shape index (κ3) is 2.30. The molecule has 0 aliphatic rings. The second kappa shape index (κ2) is 5.43. The van der Waals surface area contributed by atoms with Gasteiger partial charge in [-0.1, -0.05) is 35.5 Å². The minimum Gasteiger partial charge on any atom is -0.202 e. The summed E-state index contributed by atoms with van der Waals surface area (Å²) in [4.78, 5) is 0. The first-order valence-corrected chi connectivity index (χ1v) is 7.04. The van der Waals surface area contributed by atoms with Gasteiger partial charge in [-0.2, -0.15) is 5.26 Å². The number of hydrogen-bond donors (Lipinski definition) is 0. The Labute approximate surface area is 129 Å². The normalized spacial score (nSPS) is 11.5. The first-order valence-electron chi connectivity index (χ1n) is 5.97. The third-order valence-corrected chi connectivity index (χ3v) is 3.87. The average Bonchev–Trinajstić information content (AvgIpc) is 2.90. The Morgan fingerprint density at radius 2 is 1.90 bits per heavy atom. The first-order chi connectivity index (χ1) is 9.79. The maximum atomic E-state index is 9.40. The van der Waals surface area contributed by atoms with Crippen LogP contribution in [0.4, 0.5) is 0 Å². The Morgan fingerprint density at radius 3 is 2.70 bits per heavy atom. The van der Waals surface area contributed by atoms with Crippen molar-refractivity contribution in [3.63, 3.8) is 0 Å². The molecule has 0 radical (unpaired) electrons. The van der Waals surface area contributed by atoms with E-state index >= 15 is 0 Å². The van der Waals surface area contributed by atoms with Crippen molar-refractivity contribution < 1.29 is 0 Å². The standard InChI is InChI=1S/C15H9IN4/c16-13-6-2-1-5-11(13)9-12(10-17)20-15-8-4-3-7-14(15)18-19-20/h1-9H/b12-9+. The summed E-state index contributed by atoms with van der Waals surface area (Å²) in [5.41, 5.74) is 3.04. The van der Waals surface area contributed by atoms with Crippen molar-refractivity contribution in [2.75, 3.05) is 0 Å². The molecule has 0 N–H and O–H groups in total. The number of nitriles is 1. The van der Waals surface area contributed by atoms with E-state index in [1.807, 2.05) is 54.6 Å². The van der Waals surface area contributed by atoms with Gasteiger partial charge in [0.25, 0.3) is 0 Å². The van der Waals surface area contributed by atoms with Gasteiger partial charge in [-0.25, -0.2) is 4.68 Å². The number of benzene rings is 2. The number of para-hydroxylation sites is 1. The molecule has 0 atom stereocenters. The molecule has 4 nitrogen and oxygen atoms in total. The number of hydrogen-bond acceptors (Lipinski definition) is 3. The van der Waals surface area contributed by atoms with Gasteiger partial charge in [-0.05, 0) is 52.4 Å². The molecule has 0 bridgehead atoms. The van der Waals surface area contributed by atoms with Crippen LogP contribution in [0.5, 0.6) is 0 Å². The molecule has 1 aromatic heterocycles. The van der Waals surface area contributed by atoms with Crippen LogP contribution in [0.3, 0.4) is 0 Å². The minimum atomic E-state index is 0.447. The first kappa shape index (κ1) is 12.8. The Bertz CT molecular complexity index is 842. The van der Waals surface area contributed by atoms with E-state index in [4.69, 9.17) is 0 Å². The number of allylic oxidation sites excluding steroid dienone is 1. The van der Waals surface area contributed by atoms with Crippen LogP contribution >= 0.6 is 22.6 Å². The smallest absolute Gasteiger partial charge is 0.145 e. The predicted molar refractivity (Wildman–Crippen MR) is 86.5 cm³/mol. The molecule has 20 heavy (non-hydrogen) atoms. The highest BCUT2D eigenvalue weighted by atomic mass is 127. The summed E-state index contributed by atoms with van der Waals surface area (Å²) in [6, 6.07) is 17.7. The SMILES string of the molecule is N#C/C(=C\c1ccccc1I)n1nnc2ccccc21. The molecule has 0 unspecified atom stereocenters. The zero-order chi connectivity index (χ0) is 13.9. The summed E-state index contributed by atoms with van der Waals surface area (Å²) in [5, 5.41) is 17.5. The highest BCUT2D eigenvalue weighted by Crippen LogP contribution is 2.19. The number of halogens is 1. The lowest BCUT2D eigenvalue weighted by atomic mass is 10.2. The summed E-state index contributed by atoms with van der Waals surface area (Å²) in [6.45, 7) is 0. The number of rotatable bonds is 2. The van der Waals surface area contributed by atoms with Gasteiger partial charge in [0.05, 0.1) is 5.52 Å². The Morgan fingerprint density at radius 1 is 1.15 bits per heavy atom. The van der Waals surface area contributed by atoms with Crippen molar-refractivity contribution in [3.05, 3.63) is 57.7 Å². The summed E-state index contributed by atoms with van der Waals surface area (Å²) in [6.07, 6.45) is 1.82. The molecule has 0 fully saturated rings. The lowest BCUT2D eigenvalue weighted by Gasteiger charge is -2.01. The maximum Gasteiger partial charge on any atom is 0.145 e. The van der Waals surface area contributed by atoms with Gasteiger partial charge in [0, 0.05) is 3.57 Å². The molecule has 96 valence electrons. The molecule has 0 aliphatic heterocycles. The molecule has 0 amide bonds. The van der Waals surface area contributed by atoms with E-state index in [0.29, 0.717) is 5.70 Å². The topological polar surface area (TPSA) is 54.5 Å². The number of fused-ring (bicyclic) bond motifs is 1. The molecule has 2 aromatic carbocycles. The van der Waals surface area contributed by atoms with E-state index in [9.17, 15) is 5.26 Å². The number of nitrogens with zero attached hydrogens (tertiary/aromatic N) is 4. The van der Waals surface area contributed by atoms with Crippen LogP contribution < -0.4 is 0 Å². The molecule has 3 aromatic rings. The molecular formula is C15H9IN4. The van der Waals surface area contributed by atoms with E-state index in [2.05, 4.69) is 39.0 Å². The molecule has 1 heterocycles. The molecule has 0 saturated heterocycles. The van der Waals surface area contributed by atoms with Crippen LogP contribution in [0.15, 0.2) is 48.5 Å². The van der Waals surface area contributed by atoms with Gasteiger partial charge in [0.2, 0.25) is 0 Å². The van der Waals surface area contributed by atoms with E-state index in [-0.39, 0.29) is 0 Å². The van der Waals surface area contributed by atoms with Crippen molar-refractivity contribution in [2.24, 2.45) is 0 Å². The van der Waals surface area contributed by atoms with E-state index in [1.165, 1.54) is 0 Å². The minimum absolute atomic E-state index is 0.447. The fourth-order valence-corrected chi connectivity index (χ4v) is 2.47. The molecule has 0 aliphatic carbocycles. The summed E-state index contributed by atoms with van der Waals surface area (Å²) in [5.74, 6) is 0. The molecule has 0 saturated carbocycles. The van der Waals surface area contributed by atoms with E-state index < -0.39 is 0 Å². The van der Waals surface area contributed by atoms with E-state index in [1.54, 1.807) is 4.68 Å². The summed E-state index contributed by atoms with van der Waals surface area (Å²) in [7, 11) is 0. The van der Waals surface area contributed by atoms with Crippen molar-refractivity contribution in [1.29, 1.82) is 5.26 Å². The van der Waals surface area contributed by atoms with Crippen LogP contribution in [0.2, 0.25) is 0 Å². The van der Waals surface area contributed by atoms with Crippen molar-refractivity contribution in [3.8, 4) is 6.07 Å². The van der Waals surface area contributed by atoms with Crippen LogP contribution in [-0.4, -0.2) is 15.0 Å². The van der Waals surface area contributed by atoms with Crippen LogP contribution in [0, 0.1) is 14.9 Å². The summed E-state index contributed by atoms with van der Waals surface area (Å²) >= 11 is 2.25. The van der Waals surface area contributed by atoms with Gasteiger partial charge in [-0.3, -0.25) is 0 Å².